The summed E-state index contributed by atoms with van der Waals surface area (Å²) in [5.41, 5.74) is 12.3. The number of rotatable bonds is 5. The van der Waals surface area contributed by atoms with Gasteiger partial charge in [-0.1, -0.05) is 202 Å². The Morgan fingerprint density at radius 1 is 0.542 bits per heavy atom. The predicted molar refractivity (Wildman–Crippen MR) is 321 cm³/mol. The maximum Gasteiger partial charge on any atom is 0.136 e. The predicted octanol–water partition coefficient (Wildman–Crippen LogP) is 22.0. The largest absolute Gasteiger partial charge is 0.456 e. The van der Waals surface area contributed by atoms with Gasteiger partial charge in [-0.25, -0.2) is 0 Å². The molecule has 0 amide bonds. The van der Waals surface area contributed by atoms with Gasteiger partial charge in [0, 0.05) is 57.5 Å². The topological polar surface area (TPSA) is 18.1 Å². The quantitative estimate of drug-likeness (QED) is 0.124. The normalized spacial score (nSPS) is 10.8. The van der Waals surface area contributed by atoms with E-state index in [2.05, 4.69) is 195 Å². The average Bonchev–Trinajstić information content (AvgIpc) is 4.09. The highest BCUT2D eigenvalue weighted by atomic mass is 35.5. The lowest BCUT2D eigenvalue weighted by molar-refractivity contribution is 0.669. The molecule has 0 saturated carbocycles. The molecule has 0 radical (unpaired) electrons. The SMILES string of the molecule is C=C(Cl)/C=C(/C)CC.C=CC.CC.Cc1cc(Cl)cc(-c2ccc3c(c2)oc2ccc(-c4ccc5c6ccccc6n(-c6ccccc6)c5c4)cc23)c1.c1ccc2c(c1)sc1ccccc12.c1ccccc1. The molecule has 2 nitrogen and oxygen atoms in total. The van der Waals surface area contributed by atoms with Crippen molar-refractivity contribution < 1.29 is 4.42 Å². The number of fused-ring (bicyclic) bond motifs is 9. The van der Waals surface area contributed by atoms with Crippen molar-refractivity contribution in [2.75, 3.05) is 0 Å². The summed E-state index contributed by atoms with van der Waals surface area (Å²) < 4.78 is 11.4. The van der Waals surface area contributed by atoms with Crippen LogP contribution in [0.2, 0.25) is 5.02 Å². The number of aromatic nitrogens is 1. The van der Waals surface area contributed by atoms with Crippen LogP contribution in [-0.2, 0) is 0 Å². The van der Waals surface area contributed by atoms with Gasteiger partial charge in [-0.05, 0) is 134 Å². The van der Waals surface area contributed by atoms with Gasteiger partial charge >= 0.3 is 0 Å². The Kier molecular flexibility index (Phi) is 18.7. The van der Waals surface area contributed by atoms with E-state index in [-0.39, 0.29) is 0 Å². The van der Waals surface area contributed by atoms with Crippen LogP contribution in [0.4, 0.5) is 0 Å². The molecule has 360 valence electrons. The molecule has 0 aliphatic rings. The van der Waals surface area contributed by atoms with Crippen molar-refractivity contribution in [2.24, 2.45) is 0 Å². The zero-order valence-electron chi connectivity index (χ0n) is 42.0. The Morgan fingerprint density at radius 2 is 1.04 bits per heavy atom. The molecule has 0 unspecified atom stereocenters. The first-order chi connectivity index (χ1) is 35.1. The van der Waals surface area contributed by atoms with Gasteiger partial charge in [-0.3, -0.25) is 0 Å². The molecule has 12 aromatic rings. The highest BCUT2D eigenvalue weighted by molar-refractivity contribution is 7.25. The third-order valence-electron chi connectivity index (χ3n) is 11.8. The van der Waals surface area contributed by atoms with E-state index in [9.17, 15) is 0 Å². The minimum Gasteiger partial charge on any atom is -0.456 e. The number of para-hydroxylation sites is 2. The molecule has 12 rings (SSSR count). The number of allylic oxidation sites excluding steroid dienone is 4. The summed E-state index contributed by atoms with van der Waals surface area (Å²) >= 11 is 13.7. The summed E-state index contributed by atoms with van der Waals surface area (Å²) in [4.78, 5) is 0. The molecular formula is C67H61Cl2NOS. The maximum absolute atomic E-state index is 6.34. The first-order valence-corrected chi connectivity index (χ1v) is 26.0. The summed E-state index contributed by atoms with van der Waals surface area (Å²) in [5, 5.41) is 8.85. The Bertz CT molecular complexity index is 3650. The van der Waals surface area contributed by atoms with Crippen molar-refractivity contribution in [3.05, 3.63) is 259 Å². The lowest BCUT2D eigenvalue weighted by Gasteiger charge is -2.09. The number of halogens is 2. The van der Waals surface area contributed by atoms with E-state index >= 15 is 0 Å². The number of hydrogen-bond donors (Lipinski definition) is 0. The molecular weight excluding hydrogens is 938 g/mol. The molecule has 3 heterocycles. The molecule has 0 aliphatic heterocycles. The van der Waals surface area contributed by atoms with Crippen molar-refractivity contribution in [1.29, 1.82) is 0 Å². The van der Waals surface area contributed by atoms with Gasteiger partial charge < -0.3 is 8.98 Å². The Labute approximate surface area is 439 Å². The van der Waals surface area contributed by atoms with Crippen molar-refractivity contribution in [1.82, 2.24) is 4.57 Å². The number of aryl methyl sites for hydroxylation is 1. The van der Waals surface area contributed by atoms with Crippen LogP contribution in [0.3, 0.4) is 0 Å². The van der Waals surface area contributed by atoms with E-state index in [1.54, 1.807) is 6.08 Å². The third-order valence-corrected chi connectivity index (χ3v) is 13.3. The Balaban J connectivity index is 0.000000192. The van der Waals surface area contributed by atoms with Crippen molar-refractivity contribution in [3.8, 4) is 27.9 Å². The fraction of sp³-hybridized carbons (Fsp3) is 0.104. The maximum atomic E-state index is 6.34. The van der Waals surface area contributed by atoms with Crippen LogP contribution in [0, 0.1) is 6.92 Å². The molecule has 0 spiro atoms. The summed E-state index contributed by atoms with van der Waals surface area (Å²) in [7, 11) is 0. The number of furan rings is 1. The molecule has 0 fully saturated rings. The first kappa shape index (κ1) is 52.4. The van der Waals surface area contributed by atoms with Gasteiger partial charge in [0.15, 0.2) is 0 Å². The first-order valence-electron chi connectivity index (χ1n) is 24.4. The summed E-state index contributed by atoms with van der Waals surface area (Å²) in [6.07, 6.45) is 4.67. The zero-order chi connectivity index (χ0) is 51.0. The molecule has 0 saturated heterocycles. The molecule has 9 aromatic carbocycles. The second kappa shape index (κ2) is 25.6. The van der Waals surface area contributed by atoms with Gasteiger partial charge in [0.05, 0.1) is 11.0 Å². The molecule has 0 bridgehead atoms. The van der Waals surface area contributed by atoms with Crippen LogP contribution >= 0.6 is 34.5 Å². The second-order valence-corrected chi connectivity index (χ2v) is 18.9. The minimum atomic E-state index is 0.615. The zero-order valence-corrected chi connectivity index (χ0v) is 44.3. The van der Waals surface area contributed by atoms with Crippen LogP contribution in [0.25, 0.3) is 91.9 Å². The molecule has 72 heavy (non-hydrogen) atoms. The summed E-state index contributed by atoms with van der Waals surface area (Å²) in [5.74, 6) is 0. The Hall–Kier alpha value is -7.40. The van der Waals surface area contributed by atoms with Crippen molar-refractivity contribution in [3.63, 3.8) is 0 Å². The minimum absolute atomic E-state index is 0.615. The van der Waals surface area contributed by atoms with Crippen LogP contribution in [0.1, 0.15) is 46.6 Å². The van der Waals surface area contributed by atoms with Crippen LogP contribution in [-0.4, -0.2) is 4.57 Å². The van der Waals surface area contributed by atoms with E-state index in [0.717, 1.165) is 61.3 Å². The number of hydrogen-bond acceptors (Lipinski definition) is 2. The van der Waals surface area contributed by atoms with E-state index in [0.29, 0.717) is 5.03 Å². The summed E-state index contributed by atoms with van der Waals surface area (Å²) in [6.45, 7) is 19.0. The van der Waals surface area contributed by atoms with E-state index in [1.165, 1.54) is 53.1 Å². The smallest absolute Gasteiger partial charge is 0.136 e. The highest BCUT2D eigenvalue weighted by Gasteiger charge is 2.15. The number of benzene rings is 9. The van der Waals surface area contributed by atoms with Gasteiger partial charge in [0.2, 0.25) is 0 Å². The van der Waals surface area contributed by atoms with Crippen LogP contribution in [0.5, 0.6) is 0 Å². The lowest BCUT2D eigenvalue weighted by Crippen LogP contribution is -1.93. The number of thiophene rings is 1. The number of nitrogens with zero attached hydrogens (tertiary/aromatic N) is 1. The Morgan fingerprint density at radius 3 is 1.62 bits per heavy atom. The average molecular weight is 999 g/mol. The highest BCUT2D eigenvalue weighted by Crippen LogP contribution is 2.39. The van der Waals surface area contributed by atoms with Gasteiger partial charge in [-0.15, -0.1) is 17.9 Å². The van der Waals surface area contributed by atoms with E-state index in [1.807, 2.05) is 93.6 Å². The van der Waals surface area contributed by atoms with E-state index < -0.39 is 0 Å². The van der Waals surface area contributed by atoms with Gasteiger partial charge in [-0.2, -0.15) is 0 Å². The molecule has 0 atom stereocenters. The summed E-state index contributed by atoms with van der Waals surface area (Å²) in [6, 6.07) is 74.2. The molecule has 3 aromatic heterocycles. The third kappa shape index (κ3) is 12.7. The van der Waals surface area contributed by atoms with Crippen LogP contribution in [0.15, 0.2) is 253 Å². The van der Waals surface area contributed by atoms with Gasteiger partial charge in [0.25, 0.3) is 0 Å². The van der Waals surface area contributed by atoms with E-state index in [4.69, 9.17) is 27.6 Å². The fourth-order valence-electron chi connectivity index (χ4n) is 8.47. The molecule has 0 N–H and O–H groups in total. The molecule has 5 heteroatoms. The van der Waals surface area contributed by atoms with Crippen molar-refractivity contribution in [2.45, 2.75) is 48.0 Å². The standard InChI is InChI=1S/C37H24ClNO.C12H8S.C7H11Cl.C6H6.C3H6.C2H6/c1-23-17-27(19-28(38)18-23)26-12-15-32-33-20-24(13-16-36(33)40-37(32)22-26)25-11-14-31-30-9-5-6-10-34(30)39(35(31)21-25)29-7-3-2-4-8-29;1-3-7-11-9(5-1)10-6-2-4-8-12(10)13-11;1-4-6(2)5-7(3)8;1-2-4-6-5-3-1;1-3-2;1-2/h2-22H,1H3;1-8H;5H,3-4H2,1-2H3;1-6H;3H,1H2,2H3;1-2H3/b;;6-5-;;;. The van der Waals surface area contributed by atoms with Crippen LogP contribution < -0.4 is 0 Å². The van der Waals surface area contributed by atoms with Gasteiger partial charge in [0.1, 0.15) is 11.2 Å². The lowest BCUT2D eigenvalue weighted by atomic mass is 9.99. The fourth-order valence-corrected chi connectivity index (χ4v) is 10.1. The second-order valence-electron chi connectivity index (χ2n) is 16.9. The monoisotopic (exact) mass is 997 g/mol. The molecule has 0 aliphatic carbocycles. The van der Waals surface area contributed by atoms with Crippen molar-refractivity contribution >= 4 is 98.5 Å².